The summed E-state index contributed by atoms with van der Waals surface area (Å²) in [5.74, 6) is 0.174. The fraction of sp³-hybridized carbons (Fsp3) is 0.261. The van der Waals surface area contributed by atoms with E-state index in [0.29, 0.717) is 23.5 Å². The first kappa shape index (κ1) is 22.6. The van der Waals surface area contributed by atoms with Crippen molar-refractivity contribution in [3.05, 3.63) is 59.3 Å². The van der Waals surface area contributed by atoms with Gasteiger partial charge in [0.2, 0.25) is 5.91 Å². The van der Waals surface area contributed by atoms with Crippen LogP contribution in [-0.2, 0) is 30.2 Å². The number of carbonyl (C=O) groups is 1. The van der Waals surface area contributed by atoms with Gasteiger partial charge in [-0.2, -0.15) is 23.4 Å². The molecule has 0 radical (unpaired) electrons. The second-order valence-corrected chi connectivity index (χ2v) is 8.11. The van der Waals surface area contributed by atoms with Crippen molar-refractivity contribution in [1.29, 1.82) is 0 Å². The van der Waals surface area contributed by atoms with Crippen molar-refractivity contribution >= 4 is 28.4 Å². The Kier molecular flexibility index (Phi) is 5.50. The molecule has 0 unspecified atom stereocenters. The highest BCUT2D eigenvalue weighted by molar-refractivity contribution is 5.94. The van der Waals surface area contributed by atoms with Crippen molar-refractivity contribution in [3.63, 3.8) is 0 Å². The van der Waals surface area contributed by atoms with Gasteiger partial charge in [-0.1, -0.05) is 0 Å². The smallest absolute Gasteiger partial charge is 0.418 e. The number of carbonyl (C=O) groups excluding carboxylic acids is 1. The lowest BCUT2D eigenvalue weighted by atomic mass is 10.2. The Morgan fingerprint density at radius 1 is 1.23 bits per heavy atom. The number of halogens is 3. The van der Waals surface area contributed by atoms with Crippen LogP contribution in [0, 0.1) is 0 Å². The number of amides is 1. The number of methoxy groups -OCH3 is 1. The number of fused-ring (bicyclic) bond motifs is 3. The summed E-state index contributed by atoms with van der Waals surface area (Å²) in [6.45, 7) is 0. The lowest BCUT2D eigenvalue weighted by molar-refractivity contribution is -0.138. The lowest BCUT2D eigenvalue weighted by Gasteiger charge is -2.15. The van der Waals surface area contributed by atoms with Crippen molar-refractivity contribution in [2.75, 3.05) is 18.2 Å². The fourth-order valence-corrected chi connectivity index (χ4v) is 4.42. The highest BCUT2D eigenvalue weighted by Crippen LogP contribution is 2.38. The van der Waals surface area contributed by atoms with Gasteiger partial charge in [0.05, 0.1) is 42.2 Å². The third-order valence-electron chi connectivity index (χ3n) is 5.91. The maximum atomic E-state index is 12.9. The molecule has 1 aromatic carbocycles. The molecule has 35 heavy (non-hydrogen) atoms. The number of alkyl halides is 3. The number of aromatic nitrogens is 5. The van der Waals surface area contributed by atoms with Crippen LogP contribution in [0.3, 0.4) is 0 Å². The number of nitrogens with one attached hydrogen (secondary N) is 1. The van der Waals surface area contributed by atoms with Gasteiger partial charge in [-0.05, 0) is 43.0 Å². The number of benzene rings is 1. The van der Waals surface area contributed by atoms with Crippen molar-refractivity contribution in [3.8, 4) is 11.4 Å². The van der Waals surface area contributed by atoms with Gasteiger partial charge in [-0.3, -0.25) is 4.79 Å². The standard InChI is InChI=1S/C23H20F3N7O2/c1-35-18-9-14(33-17-4-2-3-15(17)20-21(33)22(27)29-11-28-20)5-6-16(18)31-19(34)8-13-7-12(10-30-32-13)23(24,25)26/h5-7,9-11H,2-4,8H2,1H3,(H,31,34)(H2,27,28,29). The first-order chi connectivity index (χ1) is 16.8. The summed E-state index contributed by atoms with van der Waals surface area (Å²) in [5, 5.41) is 9.64. The molecule has 0 saturated heterocycles. The Morgan fingerprint density at radius 3 is 2.83 bits per heavy atom. The summed E-state index contributed by atoms with van der Waals surface area (Å²) < 4.78 is 46.2. The average Bonchev–Trinajstić information content (AvgIpc) is 3.41. The van der Waals surface area contributed by atoms with E-state index in [1.807, 2.05) is 4.57 Å². The summed E-state index contributed by atoms with van der Waals surface area (Å²) in [5.41, 5.74) is 10.0. The van der Waals surface area contributed by atoms with E-state index >= 15 is 0 Å². The summed E-state index contributed by atoms with van der Waals surface area (Å²) in [7, 11) is 1.46. The Hall–Kier alpha value is -4.22. The molecule has 0 spiro atoms. The molecule has 0 fully saturated rings. The molecule has 3 N–H and O–H groups in total. The number of rotatable bonds is 5. The van der Waals surface area contributed by atoms with Gasteiger partial charge in [-0.15, -0.1) is 0 Å². The zero-order valence-electron chi connectivity index (χ0n) is 18.6. The molecule has 0 bridgehead atoms. The van der Waals surface area contributed by atoms with Crippen LogP contribution in [0.15, 0.2) is 36.8 Å². The second-order valence-electron chi connectivity index (χ2n) is 8.11. The predicted octanol–water partition coefficient (Wildman–Crippen LogP) is 3.49. The normalized spacial score (nSPS) is 13.1. The molecular weight excluding hydrogens is 463 g/mol. The summed E-state index contributed by atoms with van der Waals surface area (Å²) in [6.07, 6.45) is -0.114. The van der Waals surface area contributed by atoms with E-state index in [4.69, 9.17) is 10.5 Å². The maximum Gasteiger partial charge on any atom is 0.418 e. The Morgan fingerprint density at radius 2 is 2.06 bits per heavy atom. The molecule has 4 aromatic rings. The number of aryl methyl sites for hydroxylation is 1. The monoisotopic (exact) mass is 483 g/mol. The number of anilines is 2. The van der Waals surface area contributed by atoms with E-state index in [2.05, 4.69) is 25.5 Å². The van der Waals surface area contributed by atoms with Gasteiger partial charge in [0.25, 0.3) is 0 Å². The fourth-order valence-electron chi connectivity index (χ4n) is 4.42. The average molecular weight is 483 g/mol. The van der Waals surface area contributed by atoms with Crippen LogP contribution < -0.4 is 15.8 Å². The van der Waals surface area contributed by atoms with Crippen LogP contribution in [0.2, 0.25) is 0 Å². The topological polar surface area (TPSA) is 121 Å². The third-order valence-corrected chi connectivity index (χ3v) is 5.91. The highest BCUT2D eigenvalue weighted by Gasteiger charge is 2.31. The first-order valence-electron chi connectivity index (χ1n) is 10.8. The molecule has 1 aliphatic rings. The van der Waals surface area contributed by atoms with Crippen molar-refractivity contribution in [2.45, 2.75) is 31.9 Å². The number of nitrogens with two attached hydrogens (primary N) is 1. The quantitative estimate of drug-likeness (QED) is 0.446. The first-order valence-corrected chi connectivity index (χ1v) is 10.8. The molecule has 5 rings (SSSR count). The summed E-state index contributed by atoms with van der Waals surface area (Å²) in [4.78, 5) is 21.1. The van der Waals surface area contributed by atoms with E-state index < -0.39 is 17.6 Å². The Labute approximate surface area is 197 Å². The molecule has 3 aromatic heterocycles. The third kappa shape index (κ3) is 4.11. The van der Waals surface area contributed by atoms with Crippen molar-refractivity contribution in [1.82, 2.24) is 24.7 Å². The minimum atomic E-state index is -4.57. The molecule has 3 heterocycles. The zero-order chi connectivity index (χ0) is 24.7. The van der Waals surface area contributed by atoms with Crippen LogP contribution in [0.25, 0.3) is 16.7 Å². The zero-order valence-corrected chi connectivity index (χ0v) is 18.6. The molecule has 1 amide bonds. The molecular formula is C23H20F3N7O2. The number of hydrogen-bond acceptors (Lipinski definition) is 7. The van der Waals surface area contributed by atoms with Gasteiger partial charge in [0.1, 0.15) is 17.6 Å². The number of nitrogens with zero attached hydrogens (tertiary/aromatic N) is 5. The van der Waals surface area contributed by atoms with E-state index in [0.717, 1.165) is 53.3 Å². The van der Waals surface area contributed by atoms with Crippen LogP contribution in [-0.4, -0.2) is 37.7 Å². The van der Waals surface area contributed by atoms with E-state index in [9.17, 15) is 18.0 Å². The molecule has 180 valence electrons. The van der Waals surface area contributed by atoms with Crippen LogP contribution in [0.5, 0.6) is 5.75 Å². The van der Waals surface area contributed by atoms with Gasteiger partial charge in [0.15, 0.2) is 5.82 Å². The summed E-state index contributed by atoms with van der Waals surface area (Å²) >= 11 is 0. The van der Waals surface area contributed by atoms with Gasteiger partial charge >= 0.3 is 6.18 Å². The van der Waals surface area contributed by atoms with E-state index in [1.54, 1.807) is 18.2 Å². The van der Waals surface area contributed by atoms with Crippen molar-refractivity contribution in [2.24, 2.45) is 0 Å². The predicted molar refractivity (Wildman–Crippen MR) is 121 cm³/mol. The van der Waals surface area contributed by atoms with Gasteiger partial charge < -0.3 is 20.4 Å². The van der Waals surface area contributed by atoms with Crippen LogP contribution >= 0.6 is 0 Å². The van der Waals surface area contributed by atoms with E-state index in [-0.39, 0.29) is 12.1 Å². The highest BCUT2D eigenvalue weighted by atomic mass is 19.4. The van der Waals surface area contributed by atoms with Crippen LogP contribution in [0.1, 0.15) is 28.9 Å². The van der Waals surface area contributed by atoms with Gasteiger partial charge in [-0.25, -0.2) is 9.97 Å². The molecule has 12 heteroatoms. The number of ether oxygens (including phenoxy) is 1. The summed E-state index contributed by atoms with van der Waals surface area (Å²) in [6, 6.07) is 6.02. The lowest BCUT2D eigenvalue weighted by Crippen LogP contribution is -2.17. The molecule has 0 aliphatic heterocycles. The Balaban J connectivity index is 1.44. The van der Waals surface area contributed by atoms with Gasteiger partial charge in [0, 0.05) is 17.4 Å². The molecule has 1 aliphatic carbocycles. The second kappa shape index (κ2) is 8.53. The van der Waals surface area contributed by atoms with Crippen LogP contribution in [0.4, 0.5) is 24.7 Å². The Bertz CT molecular complexity index is 1450. The molecule has 0 atom stereocenters. The minimum Gasteiger partial charge on any atom is -0.494 e. The number of hydrogen-bond donors (Lipinski definition) is 2. The molecule has 9 nitrogen and oxygen atoms in total. The SMILES string of the molecule is COc1cc(-n2c3c(c4ncnc(N)c42)CCC3)ccc1NC(=O)Cc1cc(C(F)(F)F)cnn1. The largest absolute Gasteiger partial charge is 0.494 e. The molecule has 0 saturated carbocycles. The van der Waals surface area contributed by atoms with E-state index in [1.165, 1.54) is 13.4 Å². The minimum absolute atomic E-state index is 0.0993. The number of nitrogen functional groups attached to an aromatic ring is 1. The van der Waals surface area contributed by atoms with Crippen molar-refractivity contribution < 1.29 is 22.7 Å². The maximum absolute atomic E-state index is 12.9.